The minimum Gasteiger partial charge on any atom is -0.299 e. The lowest BCUT2D eigenvalue weighted by Crippen LogP contribution is -2.59. The summed E-state index contributed by atoms with van der Waals surface area (Å²) in [6, 6.07) is 0. The van der Waals surface area contributed by atoms with E-state index in [1.165, 1.54) is 0 Å². The maximum atomic E-state index is 11.5. The van der Waals surface area contributed by atoms with Gasteiger partial charge in [0.1, 0.15) is 5.78 Å². The molecule has 3 aliphatic rings. The summed E-state index contributed by atoms with van der Waals surface area (Å²) in [7, 11) is 0. The SMILES string of the molecule is O=C1CCC(=O)N1OS(=O)OCC12CCC1CC2=O. The lowest BCUT2D eigenvalue weighted by Gasteiger charge is -2.55. The van der Waals surface area contributed by atoms with Gasteiger partial charge in [-0.1, -0.05) is 0 Å². The van der Waals surface area contributed by atoms with E-state index >= 15 is 0 Å². The number of hydroxylamine groups is 2. The van der Waals surface area contributed by atoms with Crippen molar-refractivity contribution in [1.82, 2.24) is 5.06 Å². The maximum Gasteiger partial charge on any atom is 0.328 e. The molecule has 7 nitrogen and oxygen atoms in total. The molecule has 2 aliphatic carbocycles. The molecule has 0 aromatic rings. The van der Waals surface area contributed by atoms with Gasteiger partial charge in [0.2, 0.25) is 0 Å². The van der Waals surface area contributed by atoms with Crippen LogP contribution in [0.4, 0.5) is 0 Å². The van der Waals surface area contributed by atoms with Crippen LogP contribution in [0.3, 0.4) is 0 Å². The smallest absolute Gasteiger partial charge is 0.299 e. The van der Waals surface area contributed by atoms with E-state index in [0.717, 1.165) is 12.8 Å². The van der Waals surface area contributed by atoms with Gasteiger partial charge in [0.15, 0.2) is 0 Å². The van der Waals surface area contributed by atoms with E-state index in [-0.39, 0.29) is 25.2 Å². The maximum absolute atomic E-state index is 11.5. The topological polar surface area (TPSA) is 90.0 Å². The first-order chi connectivity index (χ1) is 9.03. The molecule has 104 valence electrons. The number of hydrogen-bond acceptors (Lipinski definition) is 6. The number of amides is 2. The number of Topliss-reactive ketones (excluding diaryl/α,β-unsaturated/α-hetero) is 1. The third kappa shape index (κ3) is 1.94. The predicted octanol–water partition coefficient (Wildman–Crippen LogP) is 0.0315. The van der Waals surface area contributed by atoms with Gasteiger partial charge in [0.05, 0.1) is 12.0 Å². The van der Waals surface area contributed by atoms with E-state index in [4.69, 9.17) is 4.18 Å². The van der Waals surface area contributed by atoms with E-state index in [1.807, 2.05) is 0 Å². The van der Waals surface area contributed by atoms with Crippen molar-refractivity contribution in [2.24, 2.45) is 11.3 Å². The number of fused-ring (bicyclic) bond motifs is 1. The molecule has 0 aromatic heterocycles. The monoisotopic (exact) mass is 287 g/mol. The molecular weight excluding hydrogens is 274 g/mol. The summed E-state index contributed by atoms with van der Waals surface area (Å²) in [6.45, 7) is 0.0271. The Kier molecular flexibility index (Phi) is 3.03. The second-order valence-electron chi connectivity index (χ2n) is 5.14. The van der Waals surface area contributed by atoms with Crippen LogP contribution in [0.2, 0.25) is 0 Å². The molecular formula is C11H13NO6S. The van der Waals surface area contributed by atoms with E-state index in [0.29, 0.717) is 17.4 Å². The summed E-state index contributed by atoms with van der Waals surface area (Å²) in [5.74, 6) is -0.594. The first-order valence-electron chi connectivity index (χ1n) is 6.15. The zero-order valence-corrected chi connectivity index (χ0v) is 10.9. The summed E-state index contributed by atoms with van der Waals surface area (Å²) in [6.07, 6.45) is 2.42. The first-order valence-corrected chi connectivity index (χ1v) is 7.15. The van der Waals surface area contributed by atoms with Crippen LogP contribution in [-0.4, -0.2) is 33.5 Å². The highest BCUT2D eigenvalue weighted by Gasteiger charge is 2.61. The van der Waals surface area contributed by atoms with Crippen molar-refractivity contribution in [3.63, 3.8) is 0 Å². The number of ketones is 1. The van der Waals surface area contributed by atoms with Crippen LogP contribution in [0.25, 0.3) is 0 Å². The quantitative estimate of drug-likeness (QED) is 0.663. The van der Waals surface area contributed by atoms with Crippen molar-refractivity contribution in [2.75, 3.05) is 6.61 Å². The van der Waals surface area contributed by atoms with Crippen molar-refractivity contribution in [1.29, 1.82) is 0 Å². The van der Waals surface area contributed by atoms with Gasteiger partial charge < -0.3 is 0 Å². The molecule has 2 saturated carbocycles. The summed E-state index contributed by atoms with van der Waals surface area (Å²) < 4.78 is 21.2. The minimum absolute atomic E-state index is 0.0271. The van der Waals surface area contributed by atoms with Gasteiger partial charge in [0.25, 0.3) is 11.8 Å². The van der Waals surface area contributed by atoms with Gasteiger partial charge >= 0.3 is 11.4 Å². The fraction of sp³-hybridized carbons (Fsp3) is 0.727. The Bertz CT molecular complexity index is 476. The third-order valence-electron chi connectivity index (χ3n) is 4.26. The molecule has 0 spiro atoms. The zero-order chi connectivity index (χ0) is 13.6. The summed E-state index contributed by atoms with van der Waals surface area (Å²) in [5, 5.41) is 0.481. The molecule has 1 saturated heterocycles. The highest BCUT2D eigenvalue weighted by Crippen LogP contribution is 2.58. The largest absolute Gasteiger partial charge is 0.328 e. The highest BCUT2D eigenvalue weighted by atomic mass is 32.2. The van der Waals surface area contributed by atoms with Crippen molar-refractivity contribution in [3.05, 3.63) is 0 Å². The average molecular weight is 287 g/mol. The number of hydrogen-bond donors (Lipinski definition) is 0. The van der Waals surface area contributed by atoms with Crippen molar-refractivity contribution in [3.8, 4) is 0 Å². The van der Waals surface area contributed by atoms with Gasteiger partial charge in [-0.15, -0.1) is 9.35 Å². The molecule has 3 rings (SSSR count). The Hall–Kier alpha value is -1.12. The number of carbonyl (C=O) groups is 3. The van der Waals surface area contributed by atoms with Gasteiger partial charge in [-0.3, -0.25) is 18.6 Å². The molecule has 3 fully saturated rings. The van der Waals surface area contributed by atoms with Crippen molar-refractivity contribution in [2.45, 2.75) is 32.1 Å². The third-order valence-corrected chi connectivity index (χ3v) is 4.84. The van der Waals surface area contributed by atoms with Gasteiger partial charge in [0, 0.05) is 19.3 Å². The van der Waals surface area contributed by atoms with Crippen LogP contribution < -0.4 is 0 Å². The Morgan fingerprint density at radius 3 is 2.42 bits per heavy atom. The van der Waals surface area contributed by atoms with Gasteiger partial charge in [-0.25, -0.2) is 0 Å². The fourth-order valence-electron chi connectivity index (χ4n) is 2.80. The average Bonchev–Trinajstić information content (AvgIpc) is 2.67. The second-order valence-corrected chi connectivity index (χ2v) is 5.93. The van der Waals surface area contributed by atoms with Crippen LogP contribution in [0.1, 0.15) is 32.1 Å². The van der Waals surface area contributed by atoms with Crippen LogP contribution in [0.5, 0.6) is 0 Å². The van der Waals surface area contributed by atoms with Crippen LogP contribution in [0.15, 0.2) is 0 Å². The molecule has 0 bridgehead atoms. The van der Waals surface area contributed by atoms with Crippen LogP contribution in [0, 0.1) is 11.3 Å². The number of nitrogens with zero attached hydrogens (tertiary/aromatic N) is 1. The molecule has 8 heteroatoms. The Morgan fingerprint density at radius 1 is 1.26 bits per heavy atom. The van der Waals surface area contributed by atoms with E-state index in [1.54, 1.807) is 0 Å². The van der Waals surface area contributed by atoms with Gasteiger partial charge in [-0.2, -0.15) is 4.21 Å². The zero-order valence-electron chi connectivity index (χ0n) is 10.1. The fourth-order valence-corrected chi connectivity index (χ4v) is 3.44. The Labute approximate surface area is 112 Å². The van der Waals surface area contributed by atoms with Crippen molar-refractivity contribution < 1.29 is 27.1 Å². The van der Waals surface area contributed by atoms with Crippen LogP contribution >= 0.6 is 0 Å². The molecule has 1 aliphatic heterocycles. The first kappa shape index (κ1) is 12.9. The molecule has 0 radical (unpaired) electrons. The summed E-state index contributed by atoms with van der Waals surface area (Å²) in [5.41, 5.74) is -0.488. The molecule has 0 aromatic carbocycles. The Balaban J connectivity index is 1.51. The molecule has 0 N–H and O–H groups in total. The van der Waals surface area contributed by atoms with Crippen molar-refractivity contribution >= 4 is 29.0 Å². The molecule has 1 heterocycles. The molecule has 3 unspecified atom stereocenters. The molecule has 2 amide bonds. The number of carbonyl (C=O) groups excluding carboxylic acids is 3. The summed E-state index contributed by atoms with van der Waals surface area (Å²) >= 11 is -2.23. The lowest BCUT2D eigenvalue weighted by molar-refractivity contribution is -0.170. The van der Waals surface area contributed by atoms with Gasteiger partial charge in [-0.05, 0) is 18.8 Å². The van der Waals surface area contributed by atoms with E-state index in [9.17, 15) is 18.6 Å². The number of rotatable bonds is 5. The molecule has 19 heavy (non-hydrogen) atoms. The standard InChI is InChI=1S/C11H13NO6S/c13-8-5-7-3-4-11(7,8)6-17-19(16)18-12-9(14)1-2-10(12)15/h7H,1-6H2. The van der Waals surface area contributed by atoms with E-state index < -0.39 is 28.6 Å². The molecule has 3 atom stereocenters. The normalized spacial score (nSPS) is 34.8. The lowest BCUT2D eigenvalue weighted by atomic mass is 9.47. The second kappa shape index (κ2) is 4.46. The van der Waals surface area contributed by atoms with E-state index in [2.05, 4.69) is 4.28 Å². The summed E-state index contributed by atoms with van der Waals surface area (Å²) in [4.78, 5) is 34.0. The minimum atomic E-state index is -2.23. The predicted molar refractivity (Wildman–Crippen MR) is 61.0 cm³/mol. The Morgan fingerprint density at radius 2 is 1.95 bits per heavy atom. The van der Waals surface area contributed by atoms with Crippen LogP contribution in [-0.2, 0) is 34.2 Å². The number of imide groups is 1. The highest BCUT2D eigenvalue weighted by molar-refractivity contribution is 7.75.